The lowest BCUT2D eigenvalue weighted by atomic mass is 9.83. The van der Waals surface area contributed by atoms with Crippen LogP contribution in [-0.2, 0) is 4.79 Å². The largest absolute Gasteiger partial charge is 0.350 e. The number of hydrogen-bond donors (Lipinski definition) is 2. The lowest BCUT2D eigenvalue weighted by Gasteiger charge is -2.28. The Morgan fingerprint density at radius 2 is 1.94 bits per heavy atom. The highest BCUT2D eigenvalue weighted by Crippen LogP contribution is 2.29. The summed E-state index contributed by atoms with van der Waals surface area (Å²) in [6, 6.07) is 0. The van der Waals surface area contributed by atoms with E-state index in [1.807, 2.05) is 20.8 Å². The molecule has 17 heavy (non-hydrogen) atoms. The van der Waals surface area contributed by atoms with Crippen LogP contribution in [0.2, 0.25) is 0 Å². The summed E-state index contributed by atoms with van der Waals surface area (Å²) in [5.74, 6) is 1.03. The van der Waals surface area contributed by atoms with Crippen LogP contribution in [0.3, 0.4) is 0 Å². The summed E-state index contributed by atoms with van der Waals surface area (Å²) in [7, 11) is 0. The van der Waals surface area contributed by atoms with Crippen molar-refractivity contribution in [2.24, 2.45) is 17.6 Å². The molecular weight excluding hydrogens is 212 g/mol. The van der Waals surface area contributed by atoms with Crippen molar-refractivity contribution < 1.29 is 4.79 Å². The second-order valence-electron chi connectivity index (χ2n) is 6.22. The lowest BCUT2D eigenvalue weighted by molar-refractivity contribution is -0.126. The molecule has 1 atom stereocenters. The number of rotatable bonds is 5. The van der Waals surface area contributed by atoms with Crippen molar-refractivity contribution in [3.8, 4) is 0 Å². The van der Waals surface area contributed by atoms with E-state index in [-0.39, 0.29) is 17.4 Å². The second kappa shape index (κ2) is 6.39. The standard InChI is InChI=1S/C14H28N2O/c1-11(9-12-7-5-4-6-8-12)13(17)16-14(2,3)10-15/h11-12H,4-10,15H2,1-3H3,(H,16,17). The quantitative estimate of drug-likeness (QED) is 0.775. The Hall–Kier alpha value is -0.570. The van der Waals surface area contributed by atoms with Gasteiger partial charge in [-0.2, -0.15) is 0 Å². The van der Waals surface area contributed by atoms with E-state index < -0.39 is 0 Å². The maximum absolute atomic E-state index is 12.0. The van der Waals surface area contributed by atoms with Crippen LogP contribution in [0.4, 0.5) is 0 Å². The first-order chi connectivity index (χ1) is 7.94. The molecule has 0 radical (unpaired) electrons. The maximum atomic E-state index is 12.0. The molecule has 0 aromatic carbocycles. The molecule has 1 rings (SSSR count). The van der Waals surface area contributed by atoms with Gasteiger partial charge in [0.25, 0.3) is 0 Å². The van der Waals surface area contributed by atoms with Crippen molar-refractivity contribution in [2.75, 3.05) is 6.54 Å². The van der Waals surface area contributed by atoms with E-state index >= 15 is 0 Å². The van der Waals surface area contributed by atoms with Gasteiger partial charge in [0.05, 0.1) is 0 Å². The van der Waals surface area contributed by atoms with Crippen LogP contribution in [0, 0.1) is 11.8 Å². The lowest BCUT2D eigenvalue weighted by Crippen LogP contribution is -2.50. The van der Waals surface area contributed by atoms with Gasteiger partial charge < -0.3 is 11.1 Å². The third-order valence-electron chi connectivity index (χ3n) is 3.83. The average molecular weight is 240 g/mol. The molecule has 1 unspecified atom stereocenters. The van der Waals surface area contributed by atoms with Crippen molar-refractivity contribution in [1.29, 1.82) is 0 Å². The van der Waals surface area contributed by atoms with E-state index in [1.54, 1.807) is 0 Å². The molecule has 3 heteroatoms. The number of nitrogens with two attached hydrogens (primary N) is 1. The SMILES string of the molecule is CC(CC1CCCCC1)C(=O)NC(C)(C)CN. The summed E-state index contributed by atoms with van der Waals surface area (Å²) >= 11 is 0. The highest BCUT2D eigenvalue weighted by atomic mass is 16.2. The fraction of sp³-hybridized carbons (Fsp3) is 0.929. The Kier molecular flexibility index (Phi) is 5.44. The summed E-state index contributed by atoms with van der Waals surface area (Å²) in [4.78, 5) is 12.0. The number of carbonyl (C=O) groups excluding carboxylic acids is 1. The molecule has 1 aliphatic rings. The third-order valence-corrected chi connectivity index (χ3v) is 3.83. The first kappa shape index (κ1) is 14.5. The van der Waals surface area contributed by atoms with Crippen LogP contribution in [0.15, 0.2) is 0 Å². The minimum Gasteiger partial charge on any atom is -0.350 e. The molecule has 0 aromatic heterocycles. The molecule has 0 spiro atoms. The van der Waals surface area contributed by atoms with Gasteiger partial charge >= 0.3 is 0 Å². The molecular formula is C14H28N2O. The molecule has 0 aromatic rings. The minimum absolute atomic E-state index is 0.115. The maximum Gasteiger partial charge on any atom is 0.223 e. The Morgan fingerprint density at radius 3 is 2.47 bits per heavy atom. The molecule has 3 N–H and O–H groups in total. The van der Waals surface area contributed by atoms with E-state index in [2.05, 4.69) is 5.32 Å². The zero-order valence-corrected chi connectivity index (χ0v) is 11.6. The van der Waals surface area contributed by atoms with E-state index in [9.17, 15) is 4.79 Å². The average Bonchev–Trinajstić information content (AvgIpc) is 2.30. The third kappa shape index (κ3) is 5.07. The van der Waals surface area contributed by atoms with E-state index in [4.69, 9.17) is 5.73 Å². The van der Waals surface area contributed by atoms with Gasteiger partial charge in [0, 0.05) is 18.0 Å². The Labute approximate surface area is 106 Å². The van der Waals surface area contributed by atoms with Gasteiger partial charge in [0.2, 0.25) is 5.91 Å². The van der Waals surface area contributed by atoms with Crippen molar-refractivity contribution in [2.45, 2.75) is 64.8 Å². The summed E-state index contributed by atoms with van der Waals surface area (Å²) in [6.45, 7) is 6.46. The summed E-state index contributed by atoms with van der Waals surface area (Å²) in [5, 5.41) is 3.03. The van der Waals surface area contributed by atoms with Crippen LogP contribution < -0.4 is 11.1 Å². The molecule has 0 heterocycles. The van der Waals surface area contributed by atoms with Crippen molar-refractivity contribution in [1.82, 2.24) is 5.32 Å². The highest BCUT2D eigenvalue weighted by Gasteiger charge is 2.24. The molecule has 1 aliphatic carbocycles. The number of amides is 1. The highest BCUT2D eigenvalue weighted by molar-refractivity contribution is 5.79. The Bertz CT molecular complexity index is 245. The molecule has 0 bridgehead atoms. The van der Waals surface area contributed by atoms with Crippen LogP contribution in [0.25, 0.3) is 0 Å². The van der Waals surface area contributed by atoms with E-state index in [0.29, 0.717) is 6.54 Å². The molecule has 0 saturated heterocycles. The van der Waals surface area contributed by atoms with Crippen molar-refractivity contribution >= 4 is 5.91 Å². The van der Waals surface area contributed by atoms with Crippen LogP contribution in [0.5, 0.6) is 0 Å². The zero-order valence-electron chi connectivity index (χ0n) is 11.6. The Balaban J connectivity index is 2.35. The molecule has 3 nitrogen and oxygen atoms in total. The first-order valence-electron chi connectivity index (χ1n) is 6.96. The minimum atomic E-state index is -0.280. The number of hydrogen-bond acceptors (Lipinski definition) is 2. The van der Waals surface area contributed by atoms with E-state index in [0.717, 1.165) is 12.3 Å². The number of carbonyl (C=O) groups is 1. The molecule has 100 valence electrons. The summed E-state index contributed by atoms with van der Waals surface area (Å²) in [6.07, 6.45) is 7.69. The van der Waals surface area contributed by atoms with Crippen LogP contribution in [0.1, 0.15) is 59.3 Å². The number of nitrogens with one attached hydrogen (secondary N) is 1. The predicted octanol–water partition coefficient (Wildman–Crippen LogP) is 2.45. The fourth-order valence-corrected chi connectivity index (χ4v) is 2.54. The molecule has 0 aliphatic heterocycles. The summed E-state index contributed by atoms with van der Waals surface area (Å²) in [5.41, 5.74) is 5.34. The van der Waals surface area contributed by atoms with Crippen LogP contribution in [-0.4, -0.2) is 18.0 Å². The molecule has 1 saturated carbocycles. The van der Waals surface area contributed by atoms with Gasteiger partial charge in [-0.25, -0.2) is 0 Å². The molecule has 1 amide bonds. The first-order valence-corrected chi connectivity index (χ1v) is 6.96. The van der Waals surface area contributed by atoms with Gasteiger partial charge in [-0.1, -0.05) is 39.0 Å². The topological polar surface area (TPSA) is 55.1 Å². The van der Waals surface area contributed by atoms with Gasteiger partial charge in [0.15, 0.2) is 0 Å². The van der Waals surface area contributed by atoms with Gasteiger partial charge in [-0.3, -0.25) is 4.79 Å². The predicted molar refractivity (Wildman–Crippen MR) is 71.6 cm³/mol. The van der Waals surface area contributed by atoms with Gasteiger partial charge in [-0.15, -0.1) is 0 Å². The van der Waals surface area contributed by atoms with Gasteiger partial charge in [0.1, 0.15) is 0 Å². The van der Waals surface area contributed by atoms with Crippen molar-refractivity contribution in [3.63, 3.8) is 0 Å². The summed E-state index contributed by atoms with van der Waals surface area (Å²) < 4.78 is 0. The Morgan fingerprint density at radius 1 is 1.35 bits per heavy atom. The van der Waals surface area contributed by atoms with Gasteiger partial charge in [-0.05, 0) is 26.2 Å². The second-order valence-corrected chi connectivity index (χ2v) is 6.22. The monoisotopic (exact) mass is 240 g/mol. The van der Waals surface area contributed by atoms with E-state index in [1.165, 1.54) is 32.1 Å². The van der Waals surface area contributed by atoms with Crippen molar-refractivity contribution in [3.05, 3.63) is 0 Å². The fourth-order valence-electron chi connectivity index (χ4n) is 2.54. The van der Waals surface area contributed by atoms with Crippen LogP contribution >= 0.6 is 0 Å². The molecule has 1 fully saturated rings. The zero-order chi connectivity index (χ0) is 12.9. The smallest absolute Gasteiger partial charge is 0.223 e. The normalized spacial score (nSPS) is 20.0.